The van der Waals surface area contributed by atoms with E-state index in [9.17, 15) is 0 Å². The minimum atomic E-state index is 0.491. The average Bonchev–Trinajstić information content (AvgIpc) is 2.64. The fourth-order valence-corrected chi connectivity index (χ4v) is 4.34. The fraction of sp³-hybridized carbons (Fsp3) is 0.250. The van der Waals surface area contributed by atoms with Crippen LogP contribution in [0.2, 0.25) is 0 Å². The van der Waals surface area contributed by atoms with E-state index >= 15 is 0 Å². The molecule has 0 radical (unpaired) electrons. The molecule has 0 heteroatoms. The summed E-state index contributed by atoms with van der Waals surface area (Å²) in [6.07, 6.45) is 3.48. The molecular formula is C24H24. The van der Waals surface area contributed by atoms with E-state index < -0.39 is 0 Å². The normalized spacial score (nSPS) is 19.7. The molecule has 1 aliphatic carbocycles. The molecule has 0 saturated carbocycles. The molecule has 0 heterocycles. The standard InChI is InChI=1S/C24H24/c1-2-20-21-13-7-6-12-19(21)16-17-22(18-10-4-3-5-11-18)24-15-9-8-14-23(20)24/h3-15,20,22H,2,16-17H2,1H3. The summed E-state index contributed by atoms with van der Waals surface area (Å²) in [5, 5.41) is 0. The van der Waals surface area contributed by atoms with Crippen molar-refractivity contribution in [2.45, 2.75) is 38.0 Å². The topological polar surface area (TPSA) is 0 Å². The molecule has 1 aliphatic rings. The Balaban J connectivity index is 1.90. The molecule has 0 saturated heterocycles. The van der Waals surface area contributed by atoms with Crippen molar-refractivity contribution in [2.24, 2.45) is 0 Å². The zero-order valence-corrected chi connectivity index (χ0v) is 14.3. The molecule has 3 aromatic carbocycles. The van der Waals surface area contributed by atoms with E-state index in [0.29, 0.717) is 11.8 Å². The van der Waals surface area contributed by atoms with Gasteiger partial charge in [0.05, 0.1) is 0 Å². The number of fused-ring (bicyclic) bond motifs is 2. The quantitative estimate of drug-likeness (QED) is 0.520. The van der Waals surface area contributed by atoms with Crippen LogP contribution in [0.4, 0.5) is 0 Å². The number of rotatable bonds is 2. The molecule has 0 aromatic heterocycles. The number of benzene rings is 3. The van der Waals surface area contributed by atoms with Gasteiger partial charge >= 0.3 is 0 Å². The Bertz CT molecular complexity index is 801. The Morgan fingerprint density at radius 2 is 1.33 bits per heavy atom. The summed E-state index contributed by atoms with van der Waals surface area (Å²) >= 11 is 0. The van der Waals surface area contributed by atoms with Gasteiger partial charge < -0.3 is 0 Å². The minimum absolute atomic E-state index is 0.491. The molecule has 24 heavy (non-hydrogen) atoms. The van der Waals surface area contributed by atoms with Gasteiger partial charge in [0.1, 0.15) is 0 Å². The zero-order chi connectivity index (χ0) is 16.4. The van der Waals surface area contributed by atoms with E-state index in [4.69, 9.17) is 0 Å². The Morgan fingerprint density at radius 1 is 0.708 bits per heavy atom. The third kappa shape index (κ3) is 2.67. The van der Waals surface area contributed by atoms with Gasteiger partial charge in [-0.1, -0.05) is 85.8 Å². The average molecular weight is 312 g/mol. The maximum Gasteiger partial charge on any atom is 0.00954 e. The highest BCUT2D eigenvalue weighted by atomic mass is 14.3. The first-order valence-electron chi connectivity index (χ1n) is 9.10. The van der Waals surface area contributed by atoms with E-state index in [1.165, 1.54) is 34.2 Å². The van der Waals surface area contributed by atoms with Crippen molar-refractivity contribution in [1.29, 1.82) is 0 Å². The third-order valence-electron chi connectivity index (χ3n) is 5.49. The van der Waals surface area contributed by atoms with Crippen molar-refractivity contribution in [2.75, 3.05) is 0 Å². The Kier molecular flexibility index (Phi) is 4.21. The molecule has 4 rings (SSSR count). The number of hydrogen-bond acceptors (Lipinski definition) is 0. The fourth-order valence-electron chi connectivity index (χ4n) is 4.34. The summed E-state index contributed by atoms with van der Waals surface area (Å²) in [4.78, 5) is 0. The first-order chi connectivity index (χ1) is 11.9. The molecule has 0 fully saturated rings. The van der Waals surface area contributed by atoms with Gasteiger partial charge in [0.25, 0.3) is 0 Å². The van der Waals surface area contributed by atoms with Gasteiger partial charge in [0.2, 0.25) is 0 Å². The van der Waals surface area contributed by atoms with Crippen LogP contribution in [0, 0.1) is 0 Å². The maximum atomic E-state index is 2.35. The molecule has 3 aromatic rings. The lowest BCUT2D eigenvalue weighted by Crippen LogP contribution is -2.15. The van der Waals surface area contributed by atoms with Crippen molar-refractivity contribution in [1.82, 2.24) is 0 Å². The summed E-state index contributed by atoms with van der Waals surface area (Å²) in [5.41, 5.74) is 7.53. The summed E-state index contributed by atoms with van der Waals surface area (Å²) in [6.45, 7) is 2.32. The molecule has 2 unspecified atom stereocenters. The van der Waals surface area contributed by atoms with Crippen LogP contribution in [-0.2, 0) is 6.42 Å². The lowest BCUT2D eigenvalue weighted by molar-refractivity contribution is 0.655. The SMILES string of the molecule is CCC1c2ccccc2CCC(c2ccccc2)c2ccccc21. The van der Waals surface area contributed by atoms with Crippen LogP contribution >= 0.6 is 0 Å². The van der Waals surface area contributed by atoms with E-state index in [-0.39, 0.29) is 0 Å². The van der Waals surface area contributed by atoms with Gasteiger partial charge in [0.15, 0.2) is 0 Å². The van der Waals surface area contributed by atoms with E-state index in [1.54, 1.807) is 0 Å². The van der Waals surface area contributed by atoms with Crippen molar-refractivity contribution < 1.29 is 0 Å². The largest absolute Gasteiger partial charge is 0.0645 e. The summed E-state index contributed by atoms with van der Waals surface area (Å²) in [7, 11) is 0. The summed E-state index contributed by atoms with van der Waals surface area (Å²) < 4.78 is 0. The lowest BCUT2D eigenvalue weighted by atomic mass is 9.74. The van der Waals surface area contributed by atoms with Gasteiger partial charge in [-0.05, 0) is 47.1 Å². The summed E-state index contributed by atoms with van der Waals surface area (Å²) in [5.74, 6) is 0.994. The van der Waals surface area contributed by atoms with Gasteiger partial charge in [0, 0.05) is 11.8 Å². The highest BCUT2D eigenvalue weighted by Gasteiger charge is 2.26. The second kappa shape index (κ2) is 6.65. The molecule has 0 amide bonds. The van der Waals surface area contributed by atoms with Crippen molar-refractivity contribution in [3.05, 3.63) is 107 Å². The van der Waals surface area contributed by atoms with Crippen molar-refractivity contribution >= 4 is 0 Å². The highest BCUT2D eigenvalue weighted by molar-refractivity contribution is 5.47. The van der Waals surface area contributed by atoms with E-state index in [1.807, 2.05) is 0 Å². The van der Waals surface area contributed by atoms with Gasteiger partial charge in [-0.25, -0.2) is 0 Å². The molecule has 0 nitrogen and oxygen atoms in total. The number of aryl methyl sites for hydroxylation is 1. The van der Waals surface area contributed by atoms with Crippen LogP contribution in [0.1, 0.15) is 59.4 Å². The minimum Gasteiger partial charge on any atom is -0.0645 e. The predicted molar refractivity (Wildman–Crippen MR) is 102 cm³/mol. The van der Waals surface area contributed by atoms with Crippen LogP contribution in [0.5, 0.6) is 0 Å². The molecule has 0 spiro atoms. The van der Waals surface area contributed by atoms with Gasteiger partial charge in [-0.3, -0.25) is 0 Å². The maximum absolute atomic E-state index is 2.35. The Hall–Kier alpha value is -2.34. The van der Waals surface area contributed by atoms with Gasteiger partial charge in [-0.15, -0.1) is 0 Å². The monoisotopic (exact) mass is 312 g/mol. The van der Waals surface area contributed by atoms with E-state index in [2.05, 4.69) is 85.8 Å². The highest BCUT2D eigenvalue weighted by Crippen LogP contribution is 2.41. The molecular weight excluding hydrogens is 288 g/mol. The van der Waals surface area contributed by atoms with Crippen molar-refractivity contribution in [3.8, 4) is 0 Å². The Morgan fingerprint density at radius 3 is 2.08 bits per heavy atom. The predicted octanol–water partition coefficient (Wildman–Crippen LogP) is 6.31. The van der Waals surface area contributed by atoms with Crippen LogP contribution in [0.3, 0.4) is 0 Å². The van der Waals surface area contributed by atoms with Gasteiger partial charge in [-0.2, -0.15) is 0 Å². The van der Waals surface area contributed by atoms with Crippen LogP contribution in [-0.4, -0.2) is 0 Å². The smallest absolute Gasteiger partial charge is 0.00954 e. The lowest BCUT2D eigenvalue weighted by Gasteiger charge is -2.30. The Labute approximate surface area is 145 Å². The first-order valence-corrected chi connectivity index (χ1v) is 9.10. The van der Waals surface area contributed by atoms with Crippen LogP contribution in [0.25, 0.3) is 0 Å². The third-order valence-corrected chi connectivity index (χ3v) is 5.49. The first kappa shape index (κ1) is 15.2. The van der Waals surface area contributed by atoms with Crippen LogP contribution < -0.4 is 0 Å². The van der Waals surface area contributed by atoms with E-state index in [0.717, 1.165) is 12.8 Å². The molecule has 0 aliphatic heterocycles. The zero-order valence-electron chi connectivity index (χ0n) is 14.3. The molecule has 120 valence electrons. The second-order valence-corrected chi connectivity index (χ2v) is 6.79. The number of hydrogen-bond donors (Lipinski definition) is 0. The second-order valence-electron chi connectivity index (χ2n) is 6.79. The molecule has 0 bridgehead atoms. The van der Waals surface area contributed by atoms with Crippen molar-refractivity contribution in [3.63, 3.8) is 0 Å². The molecule has 2 atom stereocenters. The summed E-state index contributed by atoms with van der Waals surface area (Å²) in [6, 6.07) is 29.2. The van der Waals surface area contributed by atoms with Crippen LogP contribution in [0.15, 0.2) is 78.9 Å². The molecule has 0 N–H and O–H groups in total.